The summed E-state index contributed by atoms with van der Waals surface area (Å²) in [7, 11) is -3.58. The van der Waals surface area contributed by atoms with E-state index >= 15 is 0 Å². The minimum absolute atomic E-state index is 0.0791. The van der Waals surface area contributed by atoms with Crippen LogP contribution in [0.1, 0.15) is 51.1 Å². The molecule has 0 unspecified atom stereocenters. The molecule has 2 atom stereocenters. The fraction of sp³-hybridized carbons (Fsp3) is 0.500. The van der Waals surface area contributed by atoms with E-state index in [9.17, 15) is 13.2 Å². The molecule has 6 nitrogen and oxygen atoms in total. The Hall–Kier alpha value is -2.38. The van der Waals surface area contributed by atoms with Crippen molar-refractivity contribution in [3.05, 3.63) is 60.2 Å². The standard InChI is InChI=1S/C26H35N3O3S/c1-20-14-17-28(18-15-20)24-12-10-22(11-13-24)21(2)27-26(30)23-7-6-16-29(19-23)33(31,32)25-8-4-3-5-9-25/h3-5,8-13,20-21,23H,6-7,14-19H2,1-2H3,(H,27,30)/t21-,23+/m1/s1. The fourth-order valence-corrected chi connectivity index (χ4v) is 6.32. The zero-order valence-electron chi connectivity index (χ0n) is 19.6. The van der Waals surface area contributed by atoms with E-state index in [0.29, 0.717) is 19.4 Å². The van der Waals surface area contributed by atoms with Gasteiger partial charge in [0.1, 0.15) is 0 Å². The van der Waals surface area contributed by atoms with Gasteiger partial charge in [0.2, 0.25) is 15.9 Å². The van der Waals surface area contributed by atoms with Crippen molar-refractivity contribution in [2.45, 2.75) is 50.5 Å². The molecule has 0 spiro atoms. The molecule has 1 N–H and O–H groups in total. The molecule has 0 radical (unpaired) electrons. The second kappa shape index (κ2) is 10.3. The van der Waals surface area contributed by atoms with Crippen LogP contribution in [0.15, 0.2) is 59.5 Å². The molecule has 1 amide bonds. The second-order valence-electron chi connectivity index (χ2n) is 9.51. The number of amides is 1. The predicted octanol–water partition coefficient (Wildman–Crippen LogP) is 4.20. The highest BCUT2D eigenvalue weighted by Crippen LogP contribution is 2.26. The van der Waals surface area contributed by atoms with Crippen molar-refractivity contribution in [1.82, 2.24) is 9.62 Å². The SMILES string of the molecule is CC1CCN(c2ccc([C@@H](C)NC(=O)[C@H]3CCCN(S(=O)(=O)c4ccccc4)C3)cc2)CC1. The molecular formula is C26H35N3O3S. The van der Waals surface area contributed by atoms with E-state index in [0.717, 1.165) is 24.6 Å². The summed E-state index contributed by atoms with van der Waals surface area (Å²) in [6, 6.07) is 16.8. The third-order valence-electron chi connectivity index (χ3n) is 7.04. The maximum absolute atomic E-state index is 13.0. The lowest BCUT2D eigenvalue weighted by Crippen LogP contribution is -2.45. The first-order valence-corrected chi connectivity index (χ1v) is 13.5. The zero-order valence-corrected chi connectivity index (χ0v) is 20.4. The molecule has 178 valence electrons. The highest BCUT2D eigenvalue weighted by molar-refractivity contribution is 7.89. The van der Waals surface area contributed by atoms with Gasteiger partial charge in [0.05, 0.1) is 16.9 Å². The van der Waals surface area contributed by atoms with E-state index in [1.54, 1.807) is 30.3 Å². The number of anilines is 1. The molecule has 4 rings (SSSR count). The van der Waals surface area contributed by atoms with Crippen LogP contribution >= 0.6 is 0 Å². The summed E-state index contributed by atoms with van der Waals surface area (Å²) in [5.41, 5.74) is 2.29. The first-order chi connectivity index (χ1) is 15.8. The number of nitrogens with zero attached hydrogens (tertiary/aromatic N) is 2. The van der Waals surface area contributed by atoms with Gasteiger partial charge < -0.3 is 10.2 Å². The zero-order chi connectivity index (χ0) is 23.4. The van der Waals surface area contributed by atoms with Gasteiger partial charge in [0, 0.05) is 31.9 Å². The summed E-state index contributed by atoms with van der Waals surface area (Å²) < 4.78 is 27.4. The monoisotopic (exact) mass is 469 g/mol. The van der Waals surface area contributed by atoms with Gasteiger partial charge in [-0.3, -0.25) is 4.79 Å². The number of rotatable bonds is 6. The van der Waals surface area contributed by atoms with E-state index in [1.807, 2.05) is 6.92 Å². The number of sulfonamides is 1. The van der Waals surface area contributed by atoms with Crippen LogP contribution in [-0.4, -0.2) is 44.8 Å². The van der Waals surface area contributed by atoms with Gasteiger partial charge in [0.25, 0.3) is 0 Å². The third kappa shape index (κ3) is 5.58. The highest BCUT2D eigenvalue weighted by atomic mass is 32.2. The summed E-state index contributed by atoms with van der Waals surface area (Å²) in [6.45, 7) is 7.16. The topological polar surface area (TPSA) is 69.7 Å². The van der Waals surface area contributed by atoms with E-state index in [-0.39, 0.29) is 29.3 Å². The lowest BCUT2D eigenvalue weighted by atomic mass is 9.97. The van der Waals surface area contributed by atoms with Crippen LogP contribution in [0.4, 0.5) is 5.69 Å². The third-order valence-corrected chi connectivity index (χ3v) is 8.92. The maximum Gasteiger partial charge on any atom is 0.243 e. The number of carbonyl (C=O) groups excluding carboxylic acids is 1. The van der Waals surface area contributed by atoms with Gasteiger partial charge in [-0.05, 0) is 68.4 Å². The molecule has 2 aliphatic heterocycles. The maximum atomic E-state index is 13.0. The molecule has 0 saturated carbocycles. The Morgan fingerprint density at radius 3 is 2.30 bits per heavy atom. The second-order valence-corrected chi connectivity index (χ2v) is 11.4. The van der Waals surface area contributed by atoms with Crippen molar-refractivity contribution in [1.29, 1.82) is 0 Å². The van der Waals surface area contributed by atoms with Crippen LogP contribution in [-0.2, 0) is 14.8 Å². The molecule has 2 fully saturated rings. The molecule has 2 saturated heterocycles. The Balaban J connectivity index is 1.35. The van der Waals surface area contributed by atoms with Crippen LogP contribution in [0.5, 0.6) is 0 Å². The van der Waals surface area contributed by atoms with Crippen molar-refractivity contribution >= 4 is 21.6 Å². The smallest absolute Gasteiger partial charge is 0.243 e. The molecule has 33 heavy (non-hydrogen) atoms. The van der Waals surface area contributed by atoms with Crippen molar-refractivity contribution in [3.63, 3.8) is 0 Å². The average molecular weight is 470 g/mol. The summed E-state index contributed by atoms with van der Waals surface area (Å²) >= 11 is 0. The quantitative estimate of drug-likeness (QED) is 0.688. The number of hydrogen-bond donors (Lipinski definition) is 1. The van der Waals surface area contributed by atoms with Gasteiger partial charge in [-0.25, -0.2) is 8.42 Å². The number of piperidine rings is 2. The molecule has 2 aromatic rings. The molecule has 0 aromatic heterocycles. The summed E-state index contributed by atoms with van der Waals surface area (Å²) in [5, 5.41) is 3.11. The lowest BCUT2D eigenvalue weighted by Gasteiger charge is -2.32. The van der Waals surface area contributed by atoms with E-state index < -0.39 is 10.0 Å². The molecule has 2 aromatic carbocycles. The van der Waals surface area contributed by atoms with E-state index in [2.05, 4.69) is 41.4 Å². The van der Waals surface area contributed by atoms with Gasteiger partial charge in [-0.2, -0.15) is 4.31 Å². The van der Waals surface area contributed by atoms with Crippen LogP contribution < -0.4 is 10.2 Å². The Kier molecular flexibility index (Phi) is 7.39. The van der Waals surface area contributed by atoms with Crippen molar-refractivity contribution in [2.24, 2.45) is 11.8 Å². The molecule has 0 aliphatic carbocycles. The summed E-state index contributed by atoms with van der Waals surface area (Å²) in [4.78, 5) is 15.7. The first kappa shape index (κ1) is 23.8. The van der Waals surface area contributed by atoms with Gasteiger partial charge in [-0.15, -0.1) is 0 Å². The van der Waals surface area contributed by atoms with Crippen LogP contribution in [0, 0.1) is 11.8 Å². The van der Waals surface area contributed by atoms with E-state index in [1.165, 1.54) is 22.8 Å². The largest absolute Gasteiger partial charge is 0.372 e. The molecule has 2 aliphatic rings. The van der Waals surface area contributed by atoms with Crippen LogP contribution in [0.2, 0.25) is 0 Å². The minimum atomic E-state index is -3.58. The Morgan fingerprint density at radius 2 is 1.64 bits per heavy atom. The molecular weight excluding hydrogens is 434 g/mol. The number of carbonyl (C=O) groups is 1. The number of hydrogen-bond acceptors (Lipinski definition) is 4. The van der Waals surface area contributed by atoms with E-state index in [4.69, 9.17) is 0 Å². The average Bonchev–Trinajstić information content (AvgIpc) is 2.85. The minimum Gasteiger partial charge on any atom is -0.372 e. The van der Waals surface area contributed by atoms with Crippen molar-refractivity contribution in [2.75, 3.05) is 31.1 Å². The molecule has 0 bridgehead atoms. The molecule has 2 heterocycles. The van der Waals surface area contributed by atoms with Gasteiger partial charge >= 0.3 is 0 Å². The Morgan fingerprint density at radius 1 is 0.970 bits per heavy atom. The Bertz CT molecular complexity index is 1030. The summed E-state index contributed by atoms with van der Waals surface area (Å²) in [6.07, 6.45) is 3.84. The van der Waals surface area contributed by atoms with Crippen LogP contribution in [0.25, 0.3) is 0 Å². The predicted molar refractivity (Wildman–Crippen MR) is 132 cm³/mol. The highest BCUT2D eigenvalue weighted by Gasteiger charge is 2.33. The van der Waals surface area contributed by atoms with Crippen molar-refractivity contribution in [3.8, 4) is 0 Å². The Labute approximate surface area is 198 Å². The first-order valence-electron chi connectivity index (χ1n) is 12.0. The van der Waals surface area contributed by atoms with Gasteiger partial charge in [0.15, 0.2) is 0 Å². The molecule has 7 heteroatoms. The number of nitrogens with one attached hydrogen (secondary N) is 1. The normalized spacial score (nSPS) is 21.5. The number of benzene rings is 2. The van der Waals surface area contributed by atoms with Gasteiger partial charge in [-0.1, -0.05) is 37.3 Å². The van der Waals surface area contributed by atoms with Crippen molar-refractivity contribution < 1.29 is 13.2 Å². The van der Waals surface area contributed by atoms with Crippen LogP contribution in [0.3, 0.4) is 0 Å². The lowest BCUT2D eigenvalue weighted by molar-refractivity contribution is -0.126. The summed E-state index contributed by atoms with van der Waals surface area (Å²) in [5.74, 6) is 0.382. The fourth-order valence-electron chi connectivity index (χ4n) is 4.77.